The van der Waals surface area contributed by atoms with E-state index in [9.17, 15) is 0 Å². The normalized spacial score (nSPS) is 10.3. The van der Waals surface area contributed by atoms with Gasteiger partial charge in [0, 0.05) is 11.8 Å². The molecule has 1 heterocycles. The molecule has 0 radical (unpaired) electrons. The predicted molar refractivity (Wildman–Crippen MR) is 65.9 cm³/mol. The quantitative estimate of drug-likeness (QED) is 0.839. The van der Waals surface area contributed by atoms with Crippen molar-refractivity contribution in [2.45, 2.75) is 6.54 Å². The van der Waals surface area contributed by atoms with Crippen molar-refractivity contribution in [3.63, 3.8) is 0 Å². The van der Waals surface area contributed by atoms with Crippen molar-refractivity contribution in [1.82, 2.24) is 9.78 Å². The van der Waals surface area contributed by atoms with Crippen LogP contribution in [0.5, 0.6) is 11.5 Å². The summed E-state index contributed by atoms with van der Waals surface area (Å²) in [6.07, 6.45) is 3.37. The first kappa shape index (κ1) is 11.8. The Hall–Kier alpha value is -1.68. The SMILES string of the molecule is COc1ccc(OC)c(Cn2cc(Cl)cn2)c1. The highest BCUT2D eigenvalue weighted by molar-refractivity contribution is 6.30. The Bertz CT molecular complexity index is 511. The minimum Gasteiger partial charge on any atom is -0.497 e. The fourth-order valence-corrected chi connectivity index (χ4v) is 1.76. The second-order valence-electron chi connectivity index (χ2n) is 3.53. The lowest BCUT2D eigenvalue weighted by Crippen LogP contribution is -2.02. The Labute approximate surface area is 105 Å². The molecular formula is C12H13ClN2O2. The number of rotatable bonds is 4. The van der Waals surface area contributed by atoms with Crippen LogP contribution in [0, 0.1) is 0 Å². The van der Waals surface area contributed by atoms with Crippen LogP contribution in [0.2, 0.25) is 5.02 Å². The van der Waals surface area contributed by atoms with Gasteiger partial charge in [0.05, 0.1) is 32.0 Å². The van der Waals surface area contributed by atoms with Gasteiger partial charge in [-0.05, 0) is 18.2 Å². The second-order valence-corrected chi connectivity index (χ2v) is 3.97. The van der Waals surface area contributed by atoms with Crippen LogP contribution < -0.4 is 9.47 Å². The molecule has 0 aliphatic heterocycles. The summed E-state index contributed by atoms with van der Waals surface area (Å²) < 4.78 is 12.2. The summed E-state index contributed by atoms with van der Waals surface area (Å²) in [5, 5.41) is 4.75. The molecule has 2 aromatic rings. The van der Waals surface area contributed by atoms with E-state index in [4.69, 9.17) is 21.1 Å². The van der Waals surface area contributed by atoms with Crippen LogP contribution in [-0.2, 0) is 6.54 Å². The molecular weight excluding hydrogens is 240 g/mol. The second kappa shape index (κ2) is 5.10. The molecule has 90 valence electrons. The van der Waals surface area contributed by atoms with Gasteiger partial charge in [-0.2, -0.15) is 5.10 Å². The van der Waals surface area contributed by atoms with Gasteiger partial charge in [-0.15, -0.1) is 0 Å². The molecule has 1 aromatic carbocycles. The molecule has 0 fully saturated rings. The fraction of sp³-hybridized carbons (Fsp3) is 0.250. The number of aromatic nitrogens is 2. The molecule has 0 unspecified atom stereocenters. The Kier molecular flexibility index (Phi) is 3.54. The molecule has 0 amide bonds. The van der Waals surface area contributed by atoms with E-state index < -0.39 is 0 Å². The van der Waals surface area contributed by atoms with Gasteiger partial charge < -0.3 is 9.47 Å². The number of hydrogen-bond donors (Lipinski definition) is 0. The highest BCUT2D eigenvalue weighted by Gasteiger charge is 2.06. The molecule has 0 saturated heterocycles. The van der Waals surface area contributed by atoms with Crippen molar-refractivity contribution in [3.8, 4) is 11.5 Å². The third-order valence-corrected chi connectivity index (χ3v) is 2.62. The topological polar surface area (TPSA) is 36.3 Å². The largest absolute Gasteiger partial charge is 0.497 e. The van der Waals surface area contributed by atoms with E-state index in [1.165, 1.54) is 0 Å². The molecule has 0 spiro atoms. The van der Waals surface area contributed by atoms with E-state index in [0.717, 1.165) is 17.1 Å². The highest BCUT2D eigenvalue weighted by Crippen LogP contribution is 2.24. The maximum Gasteiger partial charge on any atom is 0.124 e. The zero-order valence-electron chi connectivity index (χ0n) is 9.68. The number of halogens is 1. The lowest BCUT2D eigenvalue weighted by molar-refractivity contribution is 0.397. The molecule has 0 bridgehead atoms. The zero-order chi connectivity index (χ0) is 12.3. The van der Waals surface area contributed by atoms with Gasteiger partial charge in [0.2, 0.25) is 0 Å². The van der Waals surface area contributed by atoms with E-state index >= 15 is 0 Å². The van der Waals surface area contributed by atoms with Gasteiger partial charge in [-0.1, -0.05) is 11.6 Å². The third kappa shape index (κ3) is 2.71. The van der Waals surface area contributed by atoms with Crippen molar-refractivity contribution in [1.29, 1.82) is 0 Å². The lowest BCUT2D eigenvalue weighted by atomic mass is 10.2. The molecule has 5 heteroatoms. The molecule has 0 N–H and O–H groups in total. The first-order valence-corrected chi connectivity index (χ1v) is 5.49. The Morgan fingerprint density at radius 3 is 2.71 bits per heavy atom. The summed E-state index contributed by atoms with van der Waals surface area (Å²) >= 11 is 5.82. The smallest absolute Gasteiger partial charge is 0.124 e. The first-order chi connectivity index (χ1) is 8.22. The Morgan fingerprint density at radius 2 is 2.12 bits per heavy atom. The van der Waals surface area contributed by atoms with Gasteiger partial charge in [0.25, 0.3) is 0 Å². The third-order valence-electron chi connectivity index (χ3n) is 2.42. The van der Waals surface area contributed by atoms with E-state index in [1.807, 2.05) is 18.2 Å². The summed E-state index contributed by atoms with van der Waals surface area (Å²) in [5.41, 5.74) is 0.992. The van der Waals surface area contributed by atoms with Gasteiger partial charge in [0.1, 0.15) is 11.5 Å². The van der Waals surface area contributed by atoms with Gasteiger partial charge in [-0.3, -0.25) is 4.68 Å². The number of ether oxygens (including phenoxy) is 2. The van der Waals surface area contributed by atoms with Crippen LogP contribution in [0.4, 0.5) is 0 Å². The monoisotopic (exact) mass is 252 g/mol. The molecule has 0 aliphatic carbocycles. The maximum absolute atomic E-state index is 5.82. The maximum atomic E-state index is 5.82. The summed E-state index contributed by atoms with van der Waals surface area (Å²) in [5.74, 6) is 1.59. The van der Waals surface area contributed by atoms with E-state index in [0.29, 0.717) is 11.6 Å². The molecule has 2 rings (SSSR count). The standard InChI is InChI=1S/C12H13ClN2O2/c1-16-11-3-4-12(17-2)9(5-11)7-15-8-10(13)6-14-15/h3-6,8H,7H2,1-2H3. The van der Waals surface area contributed by atoms with E-state index in [-0.39, 0.29) is 0 Å². The number of methoxy groups -OCH3 is 2. The first-order valence-electron chi connectivity index (χ1n) is 5.12. The van der Waals surface area contributed by atoms with Crippen molar-refractivity contribution >= 4 is 11.6 Å². The number of nitrogens with zero attached hydrogens (tertiary/aromatic N) is 2. The van der Waals surface area contributed by atoms with Crippen molar-refractivity contribution in [3.05, 3.63) is 41.2 Å². The summed E-state index contributed by atoms with van der Waals surface area (Å²) in [6, 6.07) is 5.66. The van der Waals surface area contributed by atoms with Crippen LogP contribution in [-0.4, -0.2) is 24.0 Å². The van der Waals surface area contributed by atoms with Crippen LogP contribution in [0.1, 0.15) is 5.56 Å². The summed E-state index contributed by atoms with van der Waals surface area (Å²) in [6.45, 7) is 0.590. The molecule has 4 nitrogen and oxygen atoms in total. The fourth-order valence-electron chi connectivity index (χ4n) is 1.60. The van der Waals surface area contributed by atoms with E-state index in [1.54, 1.807) is 31.3 Å². The highest BCUT2D eigenvalue weighted by atomic mass is 35.5. The molecule has 0 atom stereocenters. The van der Waals surface area contributed by atoms with Gasteiger partial charge in [0.15, 0.2) is 0 Å². The van der Waals surface area contributed by atoms with Crippen LogP contribution >= 0.6 is 11.6 Å². The molecule has 1 aromatic heterocycles. The Morgan fingerprint density at radius 1 is 1.29 bits per heavy atom. The van der Waals surface area contributed by atoms with Crippen molar-refractivity contribution < 1.29 is 9.47 Å². The number of benzene rings is 1. The van der Waals surface area contributed by atoms with Crippen LogP contribution in [0.15, 0.2) is 30.6 Å². The van der Waals surface area contributed by atoms with E-state index in [2.05, 4.69) is 5.10 Å². The average Bonchev–Trinajstić information content (AvgIpc) is 2.74. The summed E-state index contributed by atoms with van der Waals surface area (Å²) in [4.78, 5) is 0. The van der Waals surface area contributed by atoms with Crippen molar-refractivity contribution in [2.24, 2.45) is 0 Å². The average molecular weight is 253 g/mol. The molecule has 17 heavy (non-hydrogen) atoms. The minimum absolute atomic E-state index is 0.590. The molecule has 0 aliphatic rings. The van der Waals surface area contributed by atoms with Crippen molar-refractivity contribution in [2.75, 3.05) is 14.2 Å². The number of hydrogen-bond acceptors (Lipinski definition) is 3. The molecule has 0 saturated carbocycles. The minimum atomic E-state index is 0.590. The summed E-state index contributed by atoms with van der Waals surface area (Å²) in [7, 11) is 3.28. The van der Waals surface area contributed by atoms with Gasteiger partial charge >= 0.3 is 0 Å². The van der Waals surface area contributed by atoms with Crippen LogP contribution in [0.3, 0.4) is 0 Å². The van der Waals surface area contributed by atoms with Gasteiger partial charge in [-0.25, -0.2) is 0 Å². The van der Waals surface area contributed by atoms with Crippen LogP contribution in [0.25, 0.3) is 0 Å². The zero-order valence-corrected chi connectivity index (χ0v) is 10.4. The lowest BCUT2D eigenvalue weighted by Gasteiger charge is -2.10. The predicted octanol–water partition coefficient (Wildman–Crippen LogP) is 2.60. The Balaban J connectivity index is 2.29.